The molecule has 27 heavy (non-hydrogen) atoms. The molecule has 3 atom stereocenters. The molecule has 150 valence electrons. The molecule has 2 rings (SSSR count). The normalized spacial score (nSPS) is 21.7. The Bertz CT molecular complexity index is 723. The highest BCUT2D eigenvalue weighted by atomic mass is 19.4. The van der Waals surface area contributed by atoms with Crippen LogP contribution in [0.1, 0.15) is 29.3 Å². The number of nitrogens with zero attached hydrogens (tertiary/aromatic N) is 2. The first-order valence-corrected chi connectivity index (χ1v) is 8.50. The van der Waals surface area contributed by atoms with Gasteiger partial charge in [0, 0.05) is 26.2 Å². The van der Waals surface area contributed by atoms with Crippen molar-refractivity contribution in [1.29, 1.82) is 0 Å². The van der Waals surface area contributed by atoms with Gasteiger partial charge in [0.05, 0.1) is 5.56 Å². The van der Waals surface area contributed by atoms with Gasteiger partial charge in [-0.25, -0.2) is 4.39 Å². The molecule has 1 fully saturated rings. The minimum atomic E-state index is -5.02. The van der Waals surface area contributed by atoms with Gasteiger partial charge in [-0.1, -0.05) is 13.0 Å². The van der Waals surface area contributed by atoms with Gasteiger partial charge in [0.25, 0.3) is 11.8 Å². The molecule has 1 aromatic rings. The van der Waals surface area contributed by atoms with Gasteiger partial charge >= 0.3 is 6.18 Å². The molecule has 0 aliphatic carbocycles. The van der Waals surface area contributed by atoms with E-state index < -0.39 is 29.9 Å². The van der Waals surface area contributed by atoms with Crippen molar-refractivity contribution in [2.75, 3.05) is 20.1 Å². The summed E-state index contributed by atoms with van der Waals surface area (Å²) in [6.45, 7) is 3.32. The largest absolute Gasteiger partial charge is 0.423 e. The Morgan fingerprint density at radius 1 is 1.33 bits per heavy atom. The van der Waals surface area contributed by atoms with E-state index in [-0.39, 0.29) is 37.0 Å². The van der Waals surface area contributed by atoms with Crippen molar-refractivity contribution in [2.45, 2.75) is 38.6 Å². The Morgan fingerprint density at radius 2 is 1.96 bits per heavy atom. The summed E-state index contributed by atoms with van der Waals surface area (Å²) in [4.78, 5) is 26.7. The number of aliphatic hydroxyl groups is 1. The lowest BCUT2D eigenvalue weighted by Gasteiger charge is -2.41. The molecule has 0 bridgehead atoms. The van der Waals surface area contributed by atoms with Crippen molar-refractivity contribution in [2.24, 2.45) is 5.92 Å². The van der Waals surface area contributed by atoms with Crippen LogP contribution in [0, 0.1) is 18.7 Å². The maximum atomic E-state index is 14.1. The predicted molar refractivity (Wildman–Crippen MR) is 89.4 cm³/mol. The summed E-state index contributed by atoms with van der Waals surface area (Å²) in [5, 5.41) is 9.14. The van der Waals surface area contributed by atoms with Crippen molar-refractivity contribution in [1.82, 2.24) is 9.80 Å². The minimum Gasteiger partial charge on any atom is -0.376 e. The third kappa shape index (κ3) is 4.58. The van der Waals surface area contributed by atoms with Gasteiger partial charge in [0.2, 0.25) is 6.10 Å². The van der Waals surface area contributed by atoms with Crippen LogP contribution in [-0.2, 0) is 4.79 Å². The third-order valence-corrected chi connectivity index (χ3v) is 4.89. The lowest BCUT2D eigenvalue weighted by molar-refractivity contribution is -0.211. The first kappa shape index (κ1) is 21.1. The molecule has 2 unspecified atom stereocenters. The Kier molecular flexibility index (Phi) is 6.14. The SMILES string of the molecule is Cc1ccc(C(=O)N(C)C2CCN(C(=O)[C@@H](O)C(F)(F)F)CC2C)c(F)c1. The molecule has 1 aliphatic heterocycles. The van der Waals surface area contributed by atoms with Crippen LogP contribution in [0.4, 0.5) is 17.6 Å². The summed E-state index contributed by atoms with van der Waals surface area (Å²) in [5.41, 5.74) is 0.594. The number of rotatable bonds is 3. The standard InChI is InChI=1S/C18H22F4N2O3/c1-10-4-5-12(13(19)8-10)16(26)23(3)14-6-7-24(9-11(14)2)17(27)15(25)18(20,21)22/h4-5,8,11,14-15,25H,6-7,9H2,1-3H3/t11?,14?,15-/m1/s1. The first-order valence-electron chi connectivity index (χ1n) is 8.50. The molecule has 2 amide bonds. The zero-order chi connectivity index (χ0) is 20.5. The Labute approximate surface area is 154 Å². The fourth-order valence-electron chi connectivity index (χ4n) is 3.36. The van der Waals surface area contributed by atoms with Crippen LogP contribution in [0.15, 0.2) is 18.2 Å². The van der Waals surface area contributed by atoms with E-state index in [1.54, 1.807) is 19.9 Å². The molecule has 0 spiro atoms. The number of halogens is 4. The zero-order valence-electron chi connectivity index (χ0n) is 15.3. The number of alkyl halides is 3. The quantitative estimate of drug-likeness (QED) is 0.807. The number of amides is 2. The fraction of sp³-hybridized carbons (Fsp3) is 0.556. The minimum absolute atomic E-state index is 0.0328. The van der Waals surface area contributed by atoms with E-state index in [2.05, 4.69) is 0 Å². The van der Waals surface area contributed by atoms with Crippen molar-refractivity contribution < 1.29 is 32.3 Å². The summed E-state index contributed by atoms with van der Waals surface area (Å²) in [6.07, 6.45) is -7.85. The fourth-order valence-corrected chi connectivity index (χ4v) is 3.36. The van der Waals surface area contributed by atoms with Gasteiger partial charge in [-0.05, 0) is 37.0 Å². The van der Waals surface area contributed by atoms with Gasteiger partial charge in [0.1, 0.15) is 5.82 Å². The van der Waals surface area contributed by atoms with E-state index in [1.165, 1.54) is 24.1 Å². The van der Waals surface area contributed by atoms with E-state index in [4.69, 9.17) is 5.11 Å². The summed E-state index contributed by atoms with van der Waals surface area (Å²) in [5.74, 6) is -2.91. The molecule has 1 saturated heterocycles. The first-order chi connectivity index (χ1) is 12.4. The number of aliphatic hydroxyl groups excluding tert-OH is 1. The van der Waals surface area contributed by atoms with Crippen LogP contribution >= 0.6 is 0 Å². The van der Waals surface area contributed by atoms with Crippen molar-refractivity contribution in [3.8, 4) is 0 Å². The van der Waals surface area contributed by atoms with Crippen LogP contribution < -0.4 is 0 Å². The number of hydrogen-bond acceptors (Lipinski definition) is 3. The van der Waals surface area contributed by atoms with Crippen LogP contribution in [0.2, 0.25) is 0 Å². The number of aryl methyl sites for hydroxylation is 1. The smallest absolute Gasteiger partial charge is 0.376 e. The maximum absolute atomic E-state index is 14.1. The molecule has 1 N–H and O–H groups in total. The van der Waals surface area contributed by atoms with E-state index in [1.807, 2.05) is 0 Å². The topological polar surface area (TPSA) is 60.9 Å². The summed E-state index contributed by atoms with van der Waals surface area (Å²) < 4.78 is 51.7. The lowest BCUT2D eigenvalue weighted by Crippen LogP contribution is -2.55. The van der Waals surface area contributed by atoms with Crippen LogP contribution in [-0.4, -0.2) is 65.2 Å². The second-order valence-electron chi connectivity index (χ2n) is 6.96. The summed E-state index contributed by atoms with van der Waals surface area (Å²) in [6, 6.07) is 3.90. The Hall–Kier alpha value is -2.16. The van der Waals surface area contributed by atoms with Crippen LogP contribution in [0.3, 0.4) is 0 Å². The monoisotopic (exact) mass is 390 g/mol. The third-order valence-electron chi connectivity index (χ3n) is 4.89. The molecule has 1 heterocycles. The average molecular weight is 390 g/mol. The van der Waals surface area contributed by atoms with Gasteiger partial charge < -0.3 is 14.9 Å². The molecule has 9 heteroatoms. The number of piperidine rings is 1. The lowest BCUT2D eigenvalue weighted by atomic mass is 9.91. The molecule has 5 nitrogen and oxygen atoms in total. The number of hydrogen-bond donors (Lipinski definition) is 1. The van der Waals surface area contributed by atoms with E-state index in [0.29, 0.717) is 5.56 Å². The molecule has 0 aromatic heterocycles. The van der Waals surface area contributed by atoms with E-state index in [9.17, 15) is 27.2 Å². The van der Waals surface area contributed by atoms with E-state index >= 15 is 0 Å². The maximum Gasteiger partial charge on any atom is 0.423 e. The summed E-state index contributed by atoms with van der Waals surface area (Å²) in [7, 11) is 1.50. The molecule has 1 aliphatic rings. The van der Waals surface area contributed by atoms with Gasteiger partial charge in [-0.2, -0.15) is 13.2 Å². The average Bonchev–Trinajstić information content (AvgIpc) is 2.58. The zero-order valence-corrected chi connectivity index (χ0v) is 15.3. The number of likely N-dealkylation sites (tertiary alicyclic amines) is 1. The second kappa shape index (κ2) is 7.84. The van der Waals surface area contributed by atoms with Crippen molar-refractivity contribution >= 4 is 11.8 Å². The van der Waals surface area contributed by atoms with Gasteiger partial charge in [0.15, 0.2) is 0 Å². The van der Waals surface area contributed by atoms with Crippen molar-refractivity contribution in [3.63, 3.8) is 0 Å². The Balaban J connectivity index is 2.07. The van der Waals surface area contributed by atoms with Gasteiger partial charge in [-0.3, -0.25) is 9.59 Å². The highest BCUT2D eigenvalue weighted by molar-refractivity contribution is 5.94. The molecular formula is C18H22F4N2O3. The van der Waals surface area contributed by atoms with Gasteiger partial charge in [-0.15, -0.1) is 0 Å². The molecule has 1 aromatic carbocycles. The van der Waals surface area contributed by atoms with Crippen LogP contribution in [0.25, 0.3) is 0 Å². The molecule has 0 radical (unpaired) electrons. The molecule has 0 saturated carbocycles. The Morgan fingerprint density at radius 3 is 2.48 bits per heavy atom. The summed E-state index contributed by atoms with van der Waals surface area (Å²) >= 11 is 0. The molecular weight excluding hydrogens is 368 g/mol. The highest BCUT2D eigenvalue weighted by Gasteiger charge is 2.46. The van der Waals surface area contributed by atoms with E-state index in [0.717, 1.165) is 4.90 Å². The van der Waals surface area contributed by atoms with Crippen molar-refractivity contribution in [3.05, 3.63) is 35.1 Å². The predicted octanol–water partition coefficient (Wildman–Crippen LogP) is 2.37. The van der Waals surface area contributed by atoms with Crippen LogP contribution in [0.5, 0.6) is 0 Å². The number of benzene rings is 1. The highest BCUT2D eigenvalue weighted by Crippen LogP contribution is 2.27. The second-order valence-corrected chi connectivity index (χ2v) is 6.96. The number of carbonyl (C=O) groups is 2. The number of carbonyl (C=O) groups excluding carboxylic acids is 2.